The highest BCUT2D eigenvalue weighted by Crippen LogP contribution is 2.17. The van der Waals surface area contributed by atoms with E-state index in [1.165, 1.54) is 0 Å². The molecule has 0 fully saturated rings. The summed E-state index contributed by atoms with van der Waals surface area (Å²) in [4.78, 5) is 15.8. The molecule has 0 aliphatic carbocycles. The molecule has 1 heterocycles. The third kappa shape index (κ3) is 4.19. The molecule has 0 aliphatic rings. The Balaban J connectivity index is 1.99. The highest BCUT2D eigenvalue weighted by Gasteiger charge is 2.13. The van der Waals surface area contributed by atoms with Gasteiger partial charge in [-0.3, -0.25) is 4.98 Å². The molecule has 6 heteroatoms. The van der Waals surface area contributed by atoms with Gasteiger partial charge in [-0.1, -0.05) is 12.1 Å². The van der Waals surface area contributed by atoms with Crippen molar-refractivity contribution in [3.05, 3.63) is 54.4 Å². The number of aliphatic hydroxyl groups excluding tert-OH is 1. The molecule has 0 radical (unpaired) electrons. The number of aromatic nitrogens is 1. The van der Waals surface area contributed by atoms with Gasteiger partial charge in [0.15, 0.2) is 0 Å². The zero-order valence-corrected chi connectivity index (χ0v) is 11.6. The van der Waals surface area contributed by atoms with E-state index in [-0.39, 0.29) is 6.61 Å². The van der Waals surface area contributed by atoms with E-state index in [9.17, 15) is 9.90 Å². The summed E-state index contributed by atoms with van der Waals surface area (Å²) in [6, 6.07) is 9.70. The van der Waals surface area contributed by atoms with Gasteiger partial charge in [-0.05, 0) is 29.8 Å². The first-order valence-electron chi connectivity index (χ1n) is 6.45. The van der Waals surface area contributed by atoms with Crippen molar-refractivity contribution in [2.45, 2.75) is 6.04 Å². The van der Waals surface area contributed by atoms with Gasteiger partial charge in [-0.2, -0.15) is 0 Å². The monoisotopic (exact) mass is 287 g/mol. The second-order valence-electron chi connectivity index (χ2n) is 4.35. The Morgan fingerprint density at radius 3 is 2.67 bits per heavy atom. The van der Waals surface area contributed by atoms with Crippen LogP contribution in [0.2, 0.25) is 0 Å². The molecule has 2 rings (SSSR count). The predicted octanol–water partition coefficient (Wildman–Crippen LogP) is 1.95. The minimum atomic E-state index is -0.493. The van der Waals surface area contributed by atoms with Gasteiger partial charge in [-0.25, -0.2) is 4.79 Å². The summed E-state index contributed by atoms with van der Waals surface area (Å²) < 4.78 is 5.07. The maximum atomic E-state index is 11.9. The quantitative estimate of drug-likeness (QED) is 0.785. The fraction of sp³-hybridized carbons (Fsp3) is 0.200. The van der Waals surface area contributed by atoms with Crippen molar-refractivity contribution < 1.29 is 14.6 Å². The summed E-state index contributed by atoms with van der Waals surface area (Å²) in [5.41, 5.74) is 1.38. The minimum Gasteiger partial charge on any atom is -0.497 e. The maximum Gasteiger partial charge on any atom is 0.319 e. The number of carbonyl (C=O) groups is 1. The van der Waals surface area contributed by atoms with Gasteiger partial charge < -0.3 is 20.5 Å². The first kappa shape index (κ1) is 14.8. The van der Waals surface area contributed by atoms with Crippen molar-refractivity contribution in [1.29, 1.82) is 0 Å². The molecule has 110 valence electrons. The number of carbonyl (C=O) groups excluding carboxylic acids is 1. The molecule has 0 saturated heterocycles. The second kappa shape index (κ2) is 7.25. The Hall–Kier alpha value is -2.60. The summed E-state index contributed by atoms with van der Waals surface area (Å²) in [5, 5.41) is 14.8. The zero-order chi connectivity index (χ0) is 15.1. The van der Waals surface area contributed by atoms with E-state index < -0.39 is 12.1 Å². The molecule has 1 atom stereocenters. The Morgan fingerprint density at radius 2 is 2.10 bits per heavy atom. The number of aliphatic hydroxyl groups is 1. The highest BCUT2D eigenvalue weighted by molar-refractivity contribution is 5.89. The molecular formula is C15H17N3O3. The van der Waals surface area contributed by atoms with Crippen LogP contribution in [0.25, 0.3) is 0 Å². The lowest BCUT2D eigenvalue weighted by Crippen LogP contribution is -2.34. The molecule has 1 aromatic carbocycles. The number of nitrogens with one attached hydrogen (secondary N) is 2. The fourth-order valence-corrected chi connectivity index (χ4v) is 1.83. The lowest BCUT2D eigenvalue weighted by Gasteiger charge is -2.17. The first-order chi connectivity index (χ1) is 10.2. The first-order valence-corrected chi connectivity index (χ1v) is 6.45. The Kier molecular flexibility index (Phi) is 5.11. The number of hydrogen-bond donors (Lipinski definition) is 3. The number of urea groups is 1. The number of ether oxygens (including phenoxy) is 1. The second-order valence-corrected chi connectivity index (χ2v) is 4.35. The number of benzene rings is 1. The Labute approximate surface area is 122 Å². The van der Waals surface area contributed by atoms with Crippen molar-refractivity contribution in [2.24, 2.45) is 0 Å². The number of nitrogens with zero attached hydrogens (tertiary/aromatic N) is 1. The number of rotatable bonds is 5. The van der Waals surface area contributed by atoms with Crippen LogP contribution in [0.1, 0.15) is 11.6 Å². The minimum absolute atomic E-state index is 0.202. The van der Waals surface area contributed by atoms with E-state index in [0.717, 1.165) is 11.3 Å². The summed E-state index contributed by atoms with van der Waals surface area (Å²) in [7, 11) is 1.58. The number of methoxy groups -OCH3 is 1. The Bertz CT molecular complexity index is 572. The van der Waals surface area contributed by atoms with Crippen LogP contribution in [-0.4, -0.2) is 29.8 Å². The van der Waals surface area contributed by atoms with E-state index in [0.29, 0.717) is 5.69 Å². The molecule has 21 heavy (non-hydrogen) atoms. The van der Waals surface area contributed by atoms with Gasteiger partial charge in [0, 0.05) is 6.20 Å². The average molecular weight is 287 g/mol. The highest BCUT2D eigenvalue weighted by atomic mass is 16.5. The van der Waals surface area contributed by atoms with Gasteiger partial charge in [0.25, 0.3) is 0 Å². The van der Waals surface area contributed by atoms with E-state index in [1.54, 1.807) is 55.9 Å². The summed E-state index contributed by atoms with van der Waals surface area (Å²) in [6.07, 6.45) is 3.16. The van der Waals surface area contributed by atoms with E-state index in [1.807, 2.05) is 0 Å². The lowest BCUT2D eigenvalue weighted by atomic mass is 10.1. The number of pyridine rings is 1. The molecule has 0 bridgehead atoms. The van der Waals surface area contributed by atoms with Gasteiger partial charge in [0.1, 0.15) is 5.75 Å². The van der Waals surface area contributed by atoms with Crippen molar-refractivity contribution in [2.75, 3.05) is 19.0 Å². The van der Waals surface area contributed by atoms with Crippen LogP contribution < -0.4 is 15.4 Å². The molecule has 6 nitrogen and oxygen atoms in total. The van der Waals surface area contributed by atoms with Gasteiger partial charge >= 0.3 is 6.03 Å². The van der Waals surface area contributed by atoms with Crippen LogP contribution in [0.15, 0.2) is 48.8 Å². The molecule has 2 aromatic rings. The molecule has 0 aliphatic heterocycles. The molecule has 0 spiro atoms. The fourth-order valence-electron chi connectivity index (χ4n) is 1.83. The van der Waals surface area contributed by atoms with Gasteiger partial charge in [0.2, 0.25) is 0 Å². The van der Waals surface area contributed by atoms with Gasteiger partial charge in [-0.15, -0.1) is 0 Å². The van der Waals surface area contributed by atoms with Crippen molar-refractivity contribution in [3.8, 4) is 5.75 Å². The average Bonchev–Trinajstić information content (AvgIpc) is 2.53. The largest absolute Gasteiger partial charge is 0.497 e. The molecule has 1 aromatic heterocycles. The SMILES string of the molecule is COc1ccc([C@@H](CO)NC(=O)Nc2cccnc2)cc1. The van der Waals surface area contributed by atoms with E-state index >= 15 is 0 Å². The van der Waals surface area contributed by atoms with E-state index in [2.05, 4.69) is 15.6 Å². The Morgan fingerprint density at radius 1 is 1.33 bits per heavy atom. The summed E-state index contributed by atoms with van der Waals surface area (Å²) in [5.74, 6) is 0.718. The van der Waals surface area contributed by atoms with Gasteiger partial charge in [0.05, 0.1) is 31.6 Å². The zero-order valence-electron chi connectivity index (χ0n) is 11.6. The topological polar surface area (TPSA) is 83.5 Å². The van der Waals surface area contributed by atoms with Crippen LogP contribution in [0.3, 0.4) is 0 Å². The maximum absolute atomic E-state index is 11.9. The summed E-state index contributed by atoms with van der Waals surface area (Å²) >= 11 is 0. The molecule has 0 unspecified atom stereocenters. The summed E-state index contributed by atoms with van der Waals surface area (Å²) in [6.45, 7) is -0.202. The van der Waals surface area contributed by atoms with Crippen LogP contribution >= 0.6 is 0 Å². The normalized spacial score (nSPS) is 11.5. The van der Waals surface area contributed by atoms with Crippen LogP contribution in [0.4, 0.5) is 10.5 Å². The third-order valence-corrected chi connectivity index (χ3v) is 2.93. The number of hydrogen-bond acceptors (Lipinski definition) is 4. The van der Waals surface area contributed by atoms with Crippen molar-refractivity contribution >= 4 is 11.7 Å². The van der Waals surface area contributed by atoms with E-state index in [4.69, 9.17) is 4.74 Å². The van der Waals surface area contributed by atoms with Crippen LogP contribution in [0.5, 0.6) is 5.75 Å². The van der Waals surface area contributed by atoms with Crippen molar-refractivity contribution in [1.82, 2.24) is 10.3 Å². The molecule has 2 amide bonds. The number of anilines is 1. The van der Waals surface area contributed by atoms with Crippen LogP contribution in [0, 0.1) is 0 Å². The smallest absolute Gasteiger partial charge is 0.319 e. The molecular weight excluding hydrogens is 270 g/mol. The lowest BCUT2D eigenvalue weighted by molar-refractivity contribution is 0.225. The molecule has 0 saturated carbocycles. The molecule has 3 N–H and O–H groups in total. The predicted molar refractivity (Wildman–Crippen MR) is 79.2 cm³/mol. The van der Waals surface area contributed by atoms with Crippen LogP contribution in [-0.2, 0) is 0 Å². The number of amides is 2. The standard InChI is InChI=1S/C15H17N3O3/c1-21-13-6-4-11(5-7-13)14(10-19)18-15(20)17-12-3-2-8-16-9-12/h2-9,14,19H,10H2,1H3,(H2,17,18,20)/t14-/m1/s1. The third-order valence-electron chi connectivity index (χ3n) is 2.93. The van der Waals surface area contributed by atoms with Crippen molar-refractivity contribution in [3.63, 3.8) is 0 Å².